The Morgan fingerprint density at radius 2 is 0.823 bits per heavy atom. The summed E-state index contributed by atoms with van der Waals surface area (Å²) in [5, 5.41) is 40.1. The van der Waals surface area contributed by atoms with Crippen LogP contribution in [0.15, 0.2) is 97.1 Å². The summed E-state index contributed by atoms with van der Waals surface area (Å²) in [6, 6.07) is 32.1. The number of carbonyl (C=O) groups excluding carboxylic acids is 11. The van der Waals surface area contributed by atoms with Crippen molar-refractivity contribution in [1.29, 1.82) is 0 Å². The lowest BCUT2D eigenvalue weighted by atomic mass is 9.78. The lowest BCUT2D eigenvalue weighted by Crippen LogP contribution is -2.55. The van der Waals surface area contributed by atoms with Gasteiger partial charge < -0.3 is 88.1 Å². The summed E-state index contributed by atoms with van der Waals surface area (Å²) in [6.45, 7) is 49.4. The summed E-state index contributed by atoms with van der Waals surface area (Å²) in [5.41, 5.74) is 9.56. The summed E-state index contributed by atoms with van der Waals surface area (Å²) in [5.74, 6) is -1.28. The highest BCUT2D eigenvalue weighted by Crippen LogP contribution is 2.47. The fourth-order valence-electron chi connectivity index (χ4n) is 18.1. The van der Waals surface area contributed by atoms with Gasteiger partial charge in [0.05, 0.1) is 50.2 Å². The number of ketones is 5. The molecule has 27 atom stereocenters. The number of Topliss-reactive ketones (excluding diaryl/α,β-unsaturated/α-hetero) is 5. The predicted octanol–water partition coefficient (Wildman–Crippen LogP) is 16.7. The molecule has 6 aliphatic rings. The van der Waals surface area contributed by atoms with Crippen molar-refractivity contribution < 1.29 is 125 Å². The van der Waals surface area contributed by atoms with Crippen molar-refractivity contribution in [2.75, 3.05) is 66.4 Å². The molecule has 0 radical (unpaired) electrons. The van der Waals surface area contributed by atoms with Crippen LogP contribution >= 0.6 is 0 Å². The number of nitrogens with one attached hydrogen (secondary N) is 4. The van der Waals surface area contributed by atoms with Crippen LogP contribution in [0.1, 0.15) is 284 Å². The van der Waals surface area contributed by atoms with Crippen molar-refractivity contribution in [3.05, 3.63) is 119 Å². The molecule has 30 heteroatoms. The number of alkyl carbamates (subject to hydrolysis) is 1. The lowest BCUT2D eigenvalue weighted by Gasteiger charge is -2.44. The van der Waals surface area contributed by atoms with Crippen LogP contribution in [0.4, 0.5) is 4.79 Å². The Labute approximate surface area is 839 Å². The summed E-state index contributed by atoms with van der Waals surface area (Å²) in [7, 11) is 1.68. The number of aliphatic hydroxyl groups is 3. The van der Waals surface area contributed by atoms with Crippen molar-refractivity contribution in [2.24, 2.45) is 82.9 Å². The summed E-state index contributed by atoms with van der Waals surface area (Å²) in [6.07, 6.45) is -1.17. The Balaban J connectivity index is 0.000000317. The Bertz CT molecular complexity index is 4410. The maximum atomic E-state index is 13.1. The van der Waals surface area contributed by atoms with E-state index in [1.807, 2.05) is 84.9 Å². The first-order chi connectivity index (χ1) is 67.1. The third-order valence-corrected chi connectivity index (χ3v) is 28.9. The number of carbonyl (C=O) groups is 11. The number of fused-ring (bicyclic) bond motifs is 6. The van der Waals surface area contributed by atoms with Gasteiger partial charge in [0.2, 0.25) is 11.8 Å². The minimum Gasteiger partial charge on any atom is -0.465 e. The van der Waals surface area contributed by atoms with Crippen LogP contribution in [-0.2, 0) is 105 Å². The van der Waals surface area contributed by atoms with Gasteiger partial charge in [0, 0.05) is 105 Å². The molecule has 10 rings (SSSR count). The molecule has 4 aromatic rings. The molecular weight excluding hydrogens is 1810 g/mol. The van der Waals surface area contributed by atoms with Gasteiger partial charge in [-0.3, -0.25) is 53.3 Å². The lowest BCUT2D eigenvalue weighted by molar-refractivity contribution is -0.280. The van der Waals surface area contributed by atoms with E-state index >= 15 is 0 Å². The number of benzene rings is 4. The zero-order chi connectivity index (χ0) is 105. The third kappa shape index (κ3) is 36.5. The average Bonchev–Trinajstić information content (AvgIpc) is 1.62. The highest BCUT2D eigenvalue weighted by molar-refractivity contribution is 5.93. The van der Waals surface area contributed by atoms with E-state index in [0.717, 1.165) is 41.5 Å². The molecule has 4 aliphatic heterocycles. The van der Waals surface area contributed by atoms with Gasteiger partial charge in [-0.05, 0) is 139 Å². The predicted molar refractivity (Wildman–Crippen MR) is 540 cm³/mol. The number of likely N-dealkylation sites (N-methyl/N-ethyl adjacent to an activating group) is 1. The van der Waals surface area contributed by atoms with E-state index in [-0.39, 0.29) is 176 Å². The van der Waals surface area contributed by atoms with Gasteiger partial charge in [0.15, 0.2) is 60.3 Å². The van der Waals surface area contributed by atoms with Crippen LogP contribution in [0.5, 0.6) is 0 Å². The number of ether oxygens (including phenoxy) is 12. The monoisotopic (exact) mass is 1980 g/mol. The quantitative estimate of drug-likeness (QED) is 0.0123. The van der Waals surface area contributed by atoms with Gasteiger partial charge in [-0.1, -0.05) is 256 Å². The number of hydrogen-bond acceptors (Lipinski definition) is 27. The average molecular weight is 1980 g/mol. The molecule has 792 valence electrons. The van der Waals surface area contributed by atoms with Gasteiger partial charge in [-0.15, -0.1) is 0 Å². The van der Waals surface area contributed by atoms with E-state index in [2.05, 4.69) is 165 Å². The maximum Gasteiger partial charge on any atom is 0.407 e. The smallest absolute Gasteiger partial charge is 0.407 e. The van der Waals surface area contributed by atoms with Gasteiger partial charge in [0.1, 0.15) is 51.3 Å². The molecule has 2 aliphatic carbocycles. The first kappa shape index (κ1) is 123. The topological polar surface area (TPSA) is 407 Å². The van der Waals surface area contributed by atoms with E-state index in [0.29, 0.717) is 87.9 Å². The van der Waals surface area contributed by atoms with Crippen LogP contribution in [0, 0.1) is 82.9 Å². The van der Waals surface area contributed by atoms with Gasteiger partial charge in [-0.25, -0.2) is 4.79 Å². The second-order valence-corrected chi connectivity index (χ2v) is 39.0. The highest BCUT2D eigenvalue weighted by Gasteiger charge is 2.47. The van der Waals surface area contributed by atoms with Crippen molar-refractivity contribution in [1.82, 2.24) is 21.3 Å². The number of rotatable bonds is 44. The van der Waals surface area contributed by atoms with Crippen LogP contribution in [0.3, 0.4) is 0 Å². The van der Waals surface area contributed by atoms with Gasteiger partial charge >= 0.3 is 24.0 Å². The van der Waals surface area contributed by atoms with E-state index in [1.54, 1.807) is 34.7 Å². The highest BCUT2D eigenvalue weighted by atomic mass is 16.7. The molecule has 141 heavy (non-hydrogen) atoms. The van der Waals surface area contributed by atoms with Crippen LogP contribution in [0.2, 0.25) is 0 Å². The Kier molecular flexibility index (Phi) is 54.8. The zero-order valence-electron chi connectivity index (χ0n) is 89.1. The Morgan fingerprint density at radius 1 is 0.426 bits per heavy atom. The standard InChI is InChI=1S/C33H43NO7.C24H44N2O5.C20H35NO8.C17H16O2.C14H26O4.C3H8/c1-7-12-29(36)31(22(5)40-32-21(4)19(2)20(3)30(41-32)18-38-23(6)35)34-33(37)39-17-28-26-15-10-8-13-24(26)25-14-9-11-16-27(25)28;1-9-14(4)22(29)26-13-19(27)12-18(10-2)21(28)23(25-8)31-24-17(7)15(5)16(6)20(11-3)30-24;1-5-11(3)19(27)21-8-14(23)7-13(6-2)15(24)10-28-20-12(4)17(25)18(26)16(9-22)29-20;1-2-17(18)19-11-16-14-9-5-3-7-12(14)13-8-4-6-10-15(13)16;1-6-7-16-14-11(4)9(2)10(3)13(18-14)8-17-12(5)15;1-3-2/h8-11,13-16,19-22,28,30-32H,7,12,17-18H2,1-6H3,(H,34,37);14-18,20,23-25H,9-13H2,1-8H3,(H,26,29);11-13,16-18,20,22,25-26H,5-10H2,1-4H3,(H,21,27);3-10,16H,2,11H2,1H3;9-11,13-14H,6-8H2,1-5H3;3H2,1-2H3/t19-,20+,21?,22+,30?,31-,32-;14?,15-,16+,17-,18?,20?,23?,24?;11?,12-,13?,16?,17+,18-,20?;;9-,10+,11-,13?,14?;/m010.0./s1. The third-order valence-electron chi connectivity index (χ3n) is 28.9. The van der Waals surface area contributed by atoms with Crippen molar-refractivity contribution in [3.8, 4) is 22.3 Å². The van der Waals surface area contributed by atoms with E-state index in [4.69, 9.17) is 56.8 Å². The second kappa shape index (κ2) is 62.9. The molecule has 4 fully saturated rings. The summed E-state index contributed by atoms with van der Waals surface area (Å²) < 4.78 is 68.8. The largest absolute Gasteiger partial charge is 0.465 e. The van der Waals surface area contributed by atoms with Gasteiger partial charge in [0.25, 0.3) is 0 Å². The number of amides is 3. The number of aliphatic hydroxyl groups excluding tert-OH is 3. The molecular formula is C111H172N4O26. The summed E-state index contributed by atoms with van der Waals surface area (Å²) in [4.78, 5) is 134. The fraction of sp³-hybridized carbons (Fsp3) is 0.685. The molecule has 4 heterocycles. The molecule has 0 bridgehead atoms. The Hall–Kier alpha value is -8.63. The first-order valence-electron chi connectivity index (χ1n) is 51.8. The maximum absolute atomic E-state index is 13.1. The molecule has 0 saturated carbocycles. The molecule has 7 N–H and O–H groups in total. The fourth-order valence-corrected chi connectivity index (χ4v) is 18.1. The molecule has 30 nitrogen and oxygen atoms in total. The minimum absolute atomic E-state index is 0.00115. The van der Waals surface area contributed by atoms with Crippen LogP contribution in [-0.4, -0.2) is 227 Å². The SMILES string of the molecule is CCC.CCC(=O)OCC1c2ccccc2-c2ccccc21.CCC(C)C(=O)NCC(=O)CC(CC)C(=O)C(NC)OC1OC(CC)[C@@H](C)[C@@H](C)[C@H]1C.CCC(C)C(=O)NCC(=O)CC(CC)C(=O)COC1OC(CO)[C@H](O)[C@H](O)[C@@H]1C.CCCC(=O)[C@@H](NC(=O)OCC1c2ccccc2-c2ccccc21)[C@@H](C)O[C@H]1OC(COC(C)=O)[C@H](C)[C@H](C)C1C.CCCOC1OC(COC(C)=O)[C@H](C)[C@H](C)[C@@H]1C. The molecule has 13 unspecified atom stereocenters. The number of esters is 3. The molecule has 0 aromatic heterocycles. The van der Waals surface area contributed by atoms with E-state index in [1.165, 1.54) is 42.5 Å². The van der Waals surface area contributed by atoms with Gasteiger partial charge in [-0.2, -0.15) is 0 Å². The first-order valence-corrected chi connectivity index (χ1v) is 51.8. The summed E-state index contributed by atoms with van der Waals surface area (Å²) >= 11 is 0. The number of hydrogen-bond donors (Lipinski definition) is 7. The van der Waals surface area contributed by atoms with Crippen LogP contribution < -0.4 is 21.3 Å². The minimum atomic E-state index is -1.24. The van der Waals surface area contributed by atoms with E-state index < -0.39 is 86.0 Å². The van der Waals surface area contributed by atoms with Crippen LogP contribution in [0.25, 0.3) is 22.3 Å². The van der Waals surface area contributed by atoms with Crippen molar-refractivity contribution >= 4 is 64.7 Å². The molecule has 0 spiro atoms. The van der Waals surface area contributed by atoms with Crippen molar-refractivity contribution in [2.45, 2.75) is 342 Å². The molecule has 4 aromatic carbocycles. The van der Waals surface area contributed by atoms with E-state index in [9.17, 15) is 68.1 Å². The molecule has 4 saturated heterocycles. The van der Waals surface area contributed by atoms with Crippen molar-refractivity contribution in [3.63, 3.8) is 0 Å². The molecule has 3 amide bonds. The Morgan fingerprint density at radius 3 is 1.23 bits per heavy atom. The normalized spacial score (nSPS) is 26.2. The second-order valence-electron chi connectivity index (χ2n) is 39.0. The zero-order valence-corrected chi connectivity index (χ0v) is 89.1.